The van der Waals surface area contributed by atoms with Crippen LogP contribution in [0, 0.1) is 0 Å². The standard InChI is InChI=1S/C13H15N3O2S/c1-10(11-6-8-15-9-7-11)16-12-4-2-3-5-13(12)19(14,17)18/h2-10,16H,1H3,(H2,14,17,18). The van der Waals surface area contributed by atoms with Gasteiger partial charge in [-0.05, 0) is 36.8 Å². The number of hydrogen-bond donors (Lipinski definition) is 2. The van der Waals surface area contributed by atoms with Gasteiger partial charge in [-0.2, -0.15) is 0 Å². The van der Waals surface area contributed by atoms with E-state index < -0.39 is 10.0 Å². The van der Waals surface area contributed by atoms with Crippen molar-refractivity contribution in [2.45, 2.75) is 17.9 Å². The van der Waals surface area contributed by atoms with Crippen molar-refractivity contribution in [1.82, 2.24) is 4.98 Å². The van der Waals surface area contributed by atoms with Crippen molar-refractivity contribution in [3.63, 3.8) is 0 Å². The number of hydrogen-bond acceptors (Lipinski definition) is 4. The third kappa shape index (κ3) is 3.30. The van der Waals surface area contributed by atoms with Gasteiger partial charge in [0.2, 0.25) is 10.0 Å². The summed E-state index contributed by atoms with van der Waals surface area (Å²) in [5.41, 5.74) is 1.51. The molecular formula is C13H15N3O2S. The lowest BCUT2D eigenvalue weighted by atomic mass is 10.1. The first-order valence-electron chi connectivity index (χ1n) is 5.77. The number of anilines is 1. The van der Waals surface area contributed by atoms with Crippen LogP contribution in [0.2, 0.25) is 0 Å². The minimum Gasteiger partial charge on any atom is -0.377 e. The molecule has 0 fully saturated rings. The van der Waals surface area contributed by atoms with E-state index in [9.17, 15) is 8.42 Å². The normalized spacial score (nSPS) is 12.9. The van der Waals surface area contributed by atoms with Crippen LogP contribution in [0.4, 0.5) is 5.69 Å². The smallest absolute Gasteiger partial charge is 0.240 e. The molecule has 0 amide bonds. The van der Waals surface area contributed by atoms with Gasteiger partial charge in [-0.25, -0.2) is 13.6 Å². The van der Waals surface area contributed by atoms with E-state index in [-0.39, 0.29) is 10.9 Å². The van der Waals surface area contributed by atoms with Gasteiger partial charge in [0.15, 0.2) is 0 Å². The SMILES string of the molecule is CC(Nc1ccccc1S(N)(=O)=O)c1ccncc1. The van der Waals surface area contributed by atoms with Crippen LogP contribution in [0.3, 0.4) is 0 Å². The van der Waals surface area contributed by atoms with Crippen molar-refractivity contribution in [3.8, 4) is 0 Å². The Bertz CT molecular complexity index is 657. The summed E-state index contributed by atoms with van der Waals surface area (Å²) in [5.74, 6) is 0. The molecule has 0 spiro atoms. The highest BCUT2D eigenvalue weighted by Crippen LogP contribution is 2.24. The van der Waals surface area contributed by atoms with Crippen molar-refractivity contribution < 1.29 is 8.42 Å². The molecule has 0 aliphatic heterocycles. The summed E-state index contributed by atoms with van der Waals surface area (Å²) < 4.78 is 23.0. The van der Waals surface area contributed by atoms with Crippen LogP contribution >= 0.6 is 0 Å². The molecule has 1 unspecified atom stereocenters. The first kappa shape index (κ1) is 13.5. The number of rotatable bonds is 4. The number of para-hydroxylation sites is 1. The second-order valence-electron chi connectivity index (χ2n) is 4.19. The maximum atomic E-state index is 11.5. The zero-order valence-electron chi connectivity index (χ0n) is 10.4. The highest BCUT2D eigenvalue weighted by atomic mass is 32.2. The zero-order valence-corrected chi connectivity index (χ0v) is 11.3. The van der Waals surface area contributed by atoms with Gasteiger partial charge in [-0.15, -0.1) is 0 Å². The van der Waals surface area contributed by atoms with E-state index in [1.807, 2.05) is 19.1 Å². The third-order valence-corrected chi connectivity index (χ3v) is 3.74. The minimum absolute atomic E-state index is 0.0501. The Hall–Kier alpha value is -1.92. The monoisotopic (exact) mass is 277 g/mol. The molecule has 1 aromatic carbocycles. The van der Waals surface area contributed by atoms with Gasteiger partial charge in [0, 0.05) is 18.4 Å². The highest BCUT2D eigenvalue weighted by molar-refractivity contribution is 7.89. The fourth-order valence-corrected chi connectivity index (χ4v) is 2.50. The molecule has 5 nitrogen and oxygen atoms in total. The number of aromatic nitrogens is 1. The molecule has 1 heterocycles. The topological polar surface area (TPSA) is 85.1 Å². The Kier molecular flexibility index (Phi) is 3.82. The Morgan fingerprint density at radius 1 is 1.16 bits per heavy atom. The Morgan fingerprint density at radius 3 is 2.42 bits per heavy atom. The van der Waals surface area contributed by atoms with Crippen LogP contribution < -0.4 is 10.5 Å². The Balaban J connectivity index is 2.30. The molecule has 0 aliphatic carbocycles. The third-order valence-electron chi connectivity index (χ3n) is 2.77. The van der Waals surface area contributed by atoms with E-state index in [0.29, 0.717) is 5.69 Å². The van der Waals surface area contributed by atoms with E-state index in [4.69, 9.17) is 5.14 Å². The maximum Gasteiger partial charge on any atom is 0.240 e. The highest BCUT2D eigenvalue weighted by Gasteiger charge is 2.15. The van der Waals surface area contributed by atoms with Crippen LogP contribution in [0.1, 0.15) is 18.5 Å². The first-order chi connectivity index (χ1) is 8.98. The number of nitrogens with two attached hydrogens (primary N) is 1. The first-order valence-corrected chi connectivity index (χ1v) is 7.31. The molecule has 1 atom stereocenters. The maximum absolute atomic E-state index is 11.5. The lowest BCUT2D eigenvalue weighted by molar-refractivity contribution is 0.598. The largest absolute Gasteiger partial charge is 0.377 e. The van der Waals surface area contributed by atoms with E-state index in [1.54, 1.807) is 30.6 Å². The van der Waals surface area contributed by atoms with E-state index in [1.165, 1.54) is 6.07 Å². The van der Waals surface area contributed by atoms with E-state index >= 15 is 0 Å². The fraction of sp³-hybridized carbons (Fsp3) is 0.154. The van der Waals surface area contributed by atoms with Gasteiger partial charge in [-0.3, -0.25) is 4.98 Å². The quantitative estimate of drug-likeness (QED) is 0.893. The second-order valence-corrected chi connectivity index (χ2v) is 5.72. The van der Waals surface area contributed by atoms with Crippen LogP contribution in [-0.4, -0.2) is 13.4 Å². The Labute approximate surface area is 112 Å². The number of benzene rings is 1. The fourth-order valence-electron chi connectivity index (χ4n) is 1.80. The molecule has 0 saturated carbocycles. The van der Waals surface area contributed by atoms with Crippen LogP contribution in [-0.2, 0) is 10.0 Å². The molecule has 3 N–H and O–H groups in total. The molecule has 0 saturated heterocycles. The predicted octanol–water partition coefficient (Wildman–Crippen LogP) is 1.90. The van der Waals surface area contributed by atoms with Crippen molar-refractivity contribution in [1.29, 1.82) is 0 Å². The number of nitrogens with zero attached hydrogens (tertiary/aromatic N) is 1. The molecule has 19 heavy (non-hydrogen) atoms. The molecule has 0 radical (unpaired) electrons. The summed E-state index contributed by atoms with van der Waals surface area (Å²) in [4.78, 5) is 4.04. The zero-order chi connectivity index (χ0) is 13.9. The number of pyridine rings is 1. The second kappa shape index (κ2) is 5.38. The van der Waals surface area contributed by atoms with Crippen molar-refractivity contribution in [2.24, 2.45) is 5.14 Å². The van der Waals surface area contributed by atoms with Gasteiger partial charge < -0.3 is 5.32 Å². The van der Waals surface area contributed by atoms with Gasteiger partial charge in [0.25, 0.3) is 0 Å². The van der Waals surface area contributed by atoms with Gasteiger partial charge >= 0.3 is 0 Å². The lowest BCUT2D eigenvalue weighted by Crippen LogP contribution is -2.16. The van der Waals surface area contributed by atoms with Crippen LogP contribution in [0.5, 0.6) is 0 Å². The molecular weight excluding hydrogens is 262 g/mol. The van der Waals surface area contributed by atoms with Gasteiger partial charge in [0.05, 0.1) is 5.69 Å². The summed E-state index contributed by atoms with van der Waals surface area (Å²) in [6.45, 7) is 1.94. The molecule has 2 rings (SSSR count). The van der Waals surface area contributed by atoms with Crippen molar-refractivity contribution in [2.75, 3.05) is 5.32 Å². The summed E-state index contributed by atoms with van der Waals surface area (Å²) in [7, 11) is -3.74. The average Bonchev–Trinajstić information content (AvgIpc) is 2.39. The Morgan fingerprint density at radius 2 is 1.79 bits per heavy atom. The van der Waals surface area contributed by atoms with Gasteiger partial charge in [-0.1, -0.05) is 12.1 Å². The average molecular weight is 277 g/mol. The number of sulfonamides is 1. The molecule has 1 aromatic heterocycles. The van der Waals surface area contributed by atoms with Crippen LogP contribution in [0.25, 0.3) is 0 Å². The summed E-state index contributed by atoms with van der Waals surface area (Å²) in [6, 6.07) is 10.3. The summed E-state index contributed by atoms with van der Waals surface area (Å²) >= 11 is 0. The molecule has 6 heteroatoms. The molecule has 100 valence electrons. The number of primary sulfonamides is 1. The minimum atomic E-state index is -3.74. The molecule has 2 aromatic rings. The van der Waals surface area contributed by atoms with Crippen LogP contribution in [0.15, 0.2) is 53.7 Å². The summed E-state index contributed by atoms with van der Waals surface area (Å²) in [6.07, 6.45) is 3.39. The van der Waals surface area contributed by atoms with E-state index in [0.717, 1.165) is 5.56 Å². The number of nitrogens with one attached hydrogen (secondary N) is 1. The predicted molar refractivity (Wildman–Crippen MR) is 74.1 cm³/mol. The van der Waals surface area contributed by atoms with Crippen molar-refractivity contribution in [3.05, 3.63) is 54.4 Å². The molecule has 0 aliphatic rings. The summed E-state index contributed by atoms with van der Waals surface area (Å²) in [5, 5.41) is 8.34. The van der Waals surface area contributed by atoms with E-state index in [2.05, 4.69) is 10.3 Å². The van der Waals surface area contributed by atoms with Gasteiger partial charge in [0.1, 0.15) is 4.90 Å². The van der Waals surface area contributed by atoms with Crippen molar-refractivity contribution >= 4 is 15.7 Å². The molecule has 0 bridgehead atoms. The lowest BCUT2D eigenvalue weighted by Gasteiger charge is -2.17.